The van der Waals surface area contributed by atoms with Crippen molar-refractivity contribution in [1.29, 1.82) is 0 Å². The Morgan fingerprint density at radius 2 is 1.19 bits per heavy atom. The van der Waals surface area contributed by atoms with Gasteiger partial charge in [-0.3, -0.25) is 4.79 Å². The molecule has 0 aliphatic carbocycles. The zero-order valence-corrected chi connectivity index (χ0v) is 17.8. The van der Waals surface area contributed by atoms with Crippen molar-refractivity contribution in [3.63, 3.8) is 0 Å². The quantitative estimate of drug-likeness (QED) is 0.337. The zero-order chi connectivity index (χ0) is 22.2. The van der Waals surface area contributed by atoms with Crippen LogP contribution in [0, 0.1) is 0 Å². The van der Waals surface area contributed by atoms with Gasteiger partial charge in [0, 0.05) is 28.2 Å². The van der Waals surface area contributed by atoms with E-state index in [4.69, 9.17) is 0 Å². The molecular weight excluding hydrogens is 420 g/mol. The summed E-state index contributed by atoms with van der Waals surface area (Å²) in [7, 11) is 0. The molecular formula is C25H20N4O2S. The van der Waals surface area contributed by atoms with Crippen LogP contribution in [0.3, 0.4) is 0 Å². The summed E-state index contributed by atoms with van der Waals surface area (Å²) in [4.78, 5) is 30.3. The number of carbonyl (C=O) groups excluding carboxylic acids is 2. The number of nitrogens with one attached hydrogen (secondary N) is 3. The summed E-state index contributed by atoms with van der Waals surface area (Å²) < 4.78 is 0. The Balaban J connectivity index is 1.38. The maximum absolute atomic E-state index is 12.8. The number of amides is 3. The first kappa shape index (κ1) is 21.1. The Morgan fingerprint density at radius 3 is 1.84 bits per heavy atom. The highest BCUT2D eigenvalue weighted by atomic mass is 32.2. The molecule has 0 atom stereocenters. The number of pyridine rings is 1. The first-order valence-electron chi connectivity index (χ1n) is 9.90. The number of para-hydroxylation sites is 1. The van der Waals surface area contributed by atoms with Crippen molar-refractivity contribution in [2.75, 3.05) is 16.0 Å². The monoisotopic (exact) mass is 440 g/mol. The van der Waals surface area contributed by atoms with Crippen LogP contribution in [-0.2, 0) is 0 Å². The standard InChI is InChI=1S/C25H20N4O2S/c30-23(22-12-7-17-26-24(22)32-21-10-5-2-6-11-21)27-19-13-15-20(16-14-19)29-25(31)28-18-8-3-1-4-9-18/h1-17H,(H,27,30)(H2,28,29,31). The second kappa shape index (κ2) is 10.3. The molecule has 4 rings (SSSR count). The maximum atomic E-state index is 12.8. The lowest BCUT2D eigenvalue weighted by Gasteiger charge is -2.11. The smallest absolute Gasteiger partial charge is 0.322 e. The predicted molar refractivity (Wildman–Crippen MR) is 128 cm³/mol. The van der Waals surface area contributed by atoms with Crippen molar-refractivity contribution < 1.29 is 9.59 Å². The van der Waals surface area contributed by atoms with Crippen LogP contribution in [0.1, 0.15) is 10.4 Å². The van der Waals surface area contributed by atoms with Crippen molar-refractivity contribution in [2.24, 2.45) is 0 Å². The van der Waals surface area contributed by atoms with E-state index in [-0.39, 0.29) is 11.9 Å². The Kier molecular flexibility index (Phi) is 6.79. The Labute approximate surface area is 190 Å². The van der Waals surface area contributed by atoms with E-state index in [0.29, 0.717) is 27.7 Å². The number of hydrogen-bond acceptors (Lipinski definition) is 4. The minimum atomic E-state index is -0.342. The number of benzene rings is 3. The van der Waals surface area contributed by atoms with Crippen molar-refractivity contribution >= 4 is 40.8 Å². The van der Waals surface area contributed by atoms with Crippen LogP contribution in [0.25, 0.3) is 0 Å². The number of nitrogens with zero attached hydrogens (tertiary/aromatic N) is 1. The topological polar surface area (TPSA) is 83.1 Å². The van der Waals surface area contributed by atoms with Gasteiger partial charge in [-0.25, -0.2) is 9.78 Å². The lowest BCUT2D eigenvalue weighted by atomic mass is 10.2. The minimum absolute atomic E-state index is 0.251. The number of rotatable bonds is 6. The molecule has 4 aromatic rings. The molecule has 0 spiro atoms. The first-order chi connectivity index (χ1) is 15.7. The Morgan fingerprint density at radius 1 is 0.625 bits per heavy atom. The molecule has 7 heteroatoms. The van der Waals surface area contributed by atoms with Crippen molar-refractivity contribution in [2.45, 2.75) is 9.92 Å². The van der Waals surface area contributed by atoms with E-state index in [1.54, 1.807) is 54.7 Å². The van der Waals surface area contributed by atoms with Gasteiger partial charge in [-0.1, -0.05) is 48.2 Å². The number of urea groups is 1. The third-order valence-electron chi connectivity index (χ3n) is 4.41. The lowest BCUT2D eigenvalue weighted by Crippen LogP contribution is -2.19. The van der Waals surface area contributed by atoms with Gasteiger partial charge in [-0.2, -0.15) is 0 Å². The average Bonchev–Trinajstić information content (AvgIpc) is 2.82. The molecule has 0 radical (unpaired) electrons. The minimum Gasteiger partial charge on any atom is -0.322 e. The molecule has 1 heterocycles. The van der Waals surface area contributed by atoms with Gasteiger partial charge in [-0.15, -0.1) is 0 Å². The van der Waals surface area contributed by atoms with E-state index in [2.05, 4.69) is 20.9 Å². The fourth-order valence-electron chi connectivity index (χ4n) is 2.90. The summed E-state index contributed by atoms with van der Waals surface area (Å²) in [5.41, 5.74) is 2.42. The summed E-state index contributed by atoms with van der Waals surface area (Å²) >= 11 is 1.44. The highest BCUT2D eigenvalue weighted by Gasteiger charge is 2.14. The molecule has 0 unspecified atom stereocenters. The number of carbonyl (C=O) groups is 2. The Bertz CT molecular complexity index is 1200. The van der Waals surface area contributed by atoms with Gasteiger partial charge < -0.3 is 16.0 Å². The predicted octanol–water partition coefficient (Wildman–Crippen LogP) is 6.13. The lowest BCUT2D eigenvalue weighted by molar-refractivity contribution is 0.102. The van der Waals surface area contributed by atoms with Crippen molar-refractivity contribution in [1.82, 2.24) is 4.98 Å². The zero-order valence-electron chi connectivity index (χ0n) is 17.0. The van der Waals surface area contributed by atoms with Crippen molar-refractivity contribution in [3.05, 3.63) is 109 Å². The van der Waals surface area contributed by atoms with E-state index in [9.17, 15) is 9.59 Å². The van der Waals surface area contributed by atoms with Gasteiger partial charge >= 0.3 is 6.03 Å². The summed E-state index contributed by atoms with van der Waals surface area (Å²) in [5, 5.41) is 9.03. The molecule has 3 N–H and O–H groups in total. The second-order valence-corrected chi connectivity index (χ2v) is 7.81. The third-order valence-corrected chi connectivity index (χ3v) is 5.43. The third kappa shape index (κ3) is 5.74. The van der Waals surface area contributed by atoms with E-state index >= 15 is 0 Å². The van der Waals surface area contributed by atoms with Gasteiger partial charge in [0.2, 0.25) is 0 Å². The molecule has 0 aliphatic heterocycles. The van der Waals surface area contributed by atoms with Crippen LogP contribution < -0.4 is 16.0 Å². The highest BCUT2D eigenvalue weighted by Crippen LogP contribution is 2.28. The van der Waals surface area contributed by atoms with Gasteiger partial charge in [-0.05, 0) is 60.7 Å². The van der Waals surface area contributed by atoms with Crippen LogP contribution in [0.4, 0.5) is 21.9 Å². The molecule has 3 aromatic carbocycles. The number of aromatic nitrogens is 1. The largest absolute Gasteiger partial charge is 0.323 e. The summed E-state index contributed by atoms with van der Waals surface area (Å²) in [5.74, 6) is -0.251. The number of hydrogen-bond donors (Lipinski definition) is 3. The Hall–Kier alpha value is -4.10. The molecule has 158 valence electrons. The van der Waals surface area contributed by atoms with Crippen LogP contribution in [0.5, 0.6) is 0 Å². The van der Waals surface area contributed by atoms with Crippen LogP contribution in [-0.4, -0.2) is 16.9 Å². The SMILES string of the molecule is O=C(Nc1ccccc1)Nc1ccc(NC(=O)c2cccnc2Sc2ccccc2)cc1. The van der Waals surface area contributed by atoms with Gasteiger partial charge in [0.1, 0.15) is 5.03 Å². The molecule has 1 aromatic heterocycles. The van der Waals surface area contributed by atoms with Crippen molar-refractivity contribution in [3.8, 4) is 0 Å². The van der Waals surface area contributed by atoms with Crippen LogP contribution in [0.2, 0.25) is 0 Å². The molecule has 32 heavy (non-hydrogen) atoms. The molecule has 0 saturated carbocycles. The summed E-state index contributed by atoms with van der Waals surface area (Å²) in [6.07, 6.45) is 1.67. The van der Waals surface area contributed by atoms with Crippen LogP contribution >= 0.6 is 11.8 Å². The molecule has 0 saturated heterocycles. The van der Waals surface area contributed by atoms with Gasteiger partial charge in [0.25, 0.3) is 5.91 Å². The van der Waals surface area contributed by atoms with E-state index in [1.165, 1.54) is 11.8 Å². The maximum Gasteiger partial charge on any atom is 0.323 e. The summed E-state index contributed by atoms with van der Waals surface area (Å²) in [6.45, 7) is 0. The van der Waals surface area contributed by atoms with Crippen LogP contribution in [0.15, 0.2) is 113 Å². The van der Waals surface area contributed by atoms with Gasteiger partial charge in [0.15, 0.2) is 0 Å². The highest BCUT2D eigenvalue weighted by molar-refractivity contribution is 7.99. The molecule has 0 aliphatic rings. The molecule has 0 fully saturated rings. The van der Waals surface area contributed by atoms with E-state index in [1.807, 2.05) is 48.5 Å². The molecule has 3 amide bonds. The van der Waals surface area contributed by atoms with E-state index in [0.717, 1.165) is 4.90 Å². The normalized spacial score (nSPS) is 10.2. The first-order valence-corrected chi connectivity index (χ1v) is 10.7. The number of anilines is 3. The summed E-state index contributed by atoms with van der Waals surface area (Å²) in [6, 6.07) is 29.0. The average molecular weight is 441 g/mol. The van der Waals surface area contributed by atoms with E-state index < -0.39 is 0 Å². The second-order valence-electron chi connectivity index (χ2n) is 6.75. The fourth-order valence-corrected chi connectivity index (χ4v) is 3.80. The molecule has 6 nitrogen and oxygen atoms in total. The molecule has 0 bridgehead atoms. The van der Waals surface area contributed by atoms with Gasteiger partial charge in [0.05, 0.1) is 5.56 Å². The fraction of sp³-hybridized carbons (Fsp3) is 0.